The van der Waals surface area contributed by atoms with Gasteiger partial charge in [0.05, 0.1) is 46.6 Å². The van der Waals surface area contributed by atoms with Gasteiger partial charge >= 0.3 is 0 Å². The van der Waals surface area contributed by atoms with Gasteiger partial charge in [-0.2, -0.15) is 0 Å². The molecule has 3 rings (SSSR count). The number of carbonyl (C=O) groups excluding carboxylic acids is 2. The van der Waals surface area contributed by atoms with Crippen molar-refractivity contribution >= 4 is 63.7 Å². The number of benzene rings is 2. The van der Waals surface area contributed by atoms with Crippen LogP contribution in [0.2, 0.25) is 15.1 Å². The fourth-order valence-electron chi connectivity index (χ4n) is 3.20. The third-order valence-electron chi connectivity index (χ3n) is 5.23. The van der Waals surface area contributed by atoms with Crippen LogP contribution in [0.5, 0.6) is 0 Å². The highest BCUT2D eigenvalue weighted by atomic mass is 35.5. The summed E-state index contributed by atoms with van der Waals surface area (Å²) in [6.45, 7) is 4.87. The first kappa shape index (κ1) is 24.6. The molecular formula is C22H25Cl3N4O3. The Hall–Kier alpha value is -2.03. The molecule has 2 amide bonds. The lowest BCUT2D eigenvalue weighted by atomic mass is 10.2. The normalized spacial score (nSPS) is 14.9. The zero-order valence-corrected chi connectivity index (χ0v) is 20.1. The molecule has 1 atom stereocenters. The van der Waals surface area contributed by atoms with Crippen LogP contribution in [0.25, 0.3) is 0 Å². The van der Waals surface area contributed by atoms with Crippen LogP contribution in [-0.2, 0) is 14.3 Å². The van der Waals surface area contributed by atoms with Crippen LogP contribution in [-0.4, -0.2) is 62.7 Å². The van der Waals surface area contributed by atoms with Gasteiger partial charge in [-0.05, 0) is 50.4 Å². The van der Waals surface area contributed by atoms with Gasteiger partial charge in [0.2, 0.25) is 11.8 Å². The molecule has 172 valence electrons. The predicted molar refractivity (Wildman–Crippen MR) is 130 cm³/mol. The number of anilines is 3. The molecule has 10 heteroatoms. The van der Waals surface area contributed by atoms with Crippen molar-refractivity contribution in [3.05, 3.63) is 51.5 Å². The molecule has 1 aliphatic heterocycles. The van der Waals surface area contributed by atoms with Crippen molar-refractivity contribution in [1.82, 2.24) is 4.90 Å². The predicted octanol–water partition coefficient (Wildman–Crippen LogP) is 4.38. The minimum absolute atomic E-state index is 0.0366. The van der Waals surface area contributed by atoms with E-state index in [1.54, 1.807) is 18.9 Å². The lowest BCUT2D eigenvalue weighted by Crippen LogP contribution is -2.43. The van der Waals surface area contributed by atoms with E-state index >= 15 is 0 Å². The minimum Gasteiger partial charge on any atom is -0.378 e. The molecule has 32 heavy (non-hydrogen) atoms. The van der Waals surface area contributed by atoms with Gasteiger partial charge in [-0.1, -0.05) is 34.8 Å². The summed E-state index contributed by atoms with van der Waals surface area (Å²) in [5, 5.41) is 6.44. The van der Waals surface area contributed by atoms with E-state index in [0.29, 0.717) is 29.6 Å². The van der Waals surface area contributed by atoms with Crippen molar-refractivity contribution < 1.29 is 14.3 Å². The third-order valence-corrected chi connectivity index (χ3v) is 6.26. The number of hydrogen-bond donors (Lipinski definition) is 2. The Morgan fingerprint density at radius 3 is 2.31 bits per heavy atom. The number of rotatable bonds is 7. The first-order chi connectivity index (χ1) is 15.2. The second kappa shape index (κ2) is 11.2. The largest absolute Gasteiger partial charge is 0.378 e. The number of ether oxygens (including phenoxy) is 1. The molecule has 0 saturated carbocycles. The first-order valence-corrected chi connectivity index (χ1v) is 11.3. The van der Waals surface area contributed by atoms with Crippen LogP contribution < -0.4 is 15.5 Å². The number of nitrogens with zero attached hydrogens (tertiary/aromatic N) is 2. The van der Waals surface area contributed by atoms with Crippen molar-refractivity contribution in [3.8, 4) is 0 Å². The summed E-state index contributed by atoms with van der Waals surface area (Å²) < 4.78 is 5.37. The number of morpholine rings is 1. The van der Waals surface area contributed by atoms with Gasteiger partial charge in [0.1, 0.15) is 0 Å². The van der Waals surface area contributed by atoms with Crippen molar-refractivity contribution in [2.45, 2.75) is 13.0 Å². The van der Waals surface area contributed by atoms with Gasteiger partial charge in [0, 0.05) is 24.5 Å². The van der Waals surface area contributed by atoms with Gasteiger partial charge < -0.3 is 20.3 Å². The number of likely N-dealkylation sites (N-methyl/N-ethyl adjacent to an activating group) is 1. The average molecular weight is 500 g/mol. The van der Waals surface area contributed by atoms with Crippen LogP contribution in [0, 0.1) is 0 Å². The van der Waals surface area contributed by atoms with E-state index in [0.717, 1.165) is 18.8 Å². The number of halogens is 3. The third kappa shape index (κ3) is 6.49. The minimum atomic E-state index is -0.588. The molecule has 1 heterocycles. The molecule has 0 spiro atoms. The Labute approximate surface area is 202 Å². The van der Waals surface area contributed by atoms with Crippen LogP contribution >= 0.6 is 34.8 Å². The monoisotopic (exact) mass is 498 g/mol. The van der Waals surface area contributed by atoms with Crippen molar-refractivity contribution in [2.75, 3.05) is 55.4 Å². The van der Waals surface area contributed by atoms with Crippen molar-refractivity contribution in [2.24, 2.45) is 0 Å². The van der Waals surface area contributed by atoms with Crippen molar-refractivity contribution in [3.63, 3.8) is 0 Å². The van der Waals surface area contributed by atoms with E-state index in [4.69, 9.17) is 39.5 Å². The summed E-state index contributed by atoms with van der Waals surface area (Å²) in [4.78, 5) is 28.9. The van der Waals surface area contributed by atoms with E-state index in [1.165, 1.54) is 12.1 Å². The Bertz CT molecular complexity index is 966. The van der Waals surface area contributed by atoms with Crippen LogP contribution in [0.1, 0.15) is 6.92 Å². The van der Waals surface area contributed by atoms with Crippen LogP contribution in [0.4, 0.5) is 17.1 Å². The summed E-state index contributed by atoms with van der Waals surface area (Å²) >= 11 is 18.0. The summed E-state index contributed by atoms with van der Waals surface area (Å²) in [6.07, 6.45) is 0. The maximum Gasteiger partial charge on any atom is 0.241 e. The van der Waals surface area contributed by atoms with Gasteiger partial charge in [-0.3, -0.25) is 14.5 Å². The van der Waals surface area contributed by atoms with Gasteiger partial charge in [0.15, 0.2) is 0 Å². The number of amides is 2. The highest BCUT2D eigenvalue weighted by Crippen LogP contribution is 2.32. The van der Waals surface area contributed by atoms with E-state index in [-0.39, 0.29) is 28.4 Å². The Morgan fingerprint density at radius 1 is 1.03 bits per heavy atom. The lowest BCUT2D eigenvalue weighted by molar-refractivity contribution is -0.122. The Morgan fingerprint density at radius 2 is 1.66 bits per heavy atom. The van der Waals surface area contributed by atoms with Crippen LogP contribution in [0.15, 0.2) is 36.4 Å². The smallest absolute Gasteiger partial charge is 0.241 e. The van der Waals surface area contributed by atoms with E-state index in [2.05, 4.69) is 15.5 Å². The van der Waals surface area contributed by atoms with Gasteiger partial charge in [0.25, 0.3) is 0 Å². The molecule has 1 fully saturated rings. The molecule has 2 N–H and O–H groups in total. The molecule has 2 aromatic rings. The summed E-state index contributed by atoms with van der Waals surface area (Å²) in [5.41, 5.74) is 2.14. The second-order valence-electron chi connectivity index (χ2n) is 7.52. The fourth-order valence-corrected chi connectivity index (χ4v) is 3.79. The second-order valence-corrected chi connectivity index (χ2v) is 8.74. The number of carbonyl (C=O) groups is 2. The van der Waals surface area contributed by atoms with Gasteiger partial charge in [-0.15, -0.1) is 0 Å². The zero-order valence-electron chi connectivity index (χ0n) is 17.8. The molecule has 1 aliphatic rings. The molecule has 0 radical (unpaired) electrons. The molecule has 1 saturated heterocycles. The van der Waals surface area contributed by atoms with Crippen LogP contribution in [0.3, 0.4) is 0 Å². The highest BCUT2D eigenvalue weighted by molar-refractivity contribution is 6.44. The summed E-state index contributed by atoms with van der Waals surface area (Å²) in [5.74, 6) is -0.547. The molecule has 0 aromatic heterocycles. The molecular weight excluding hydrogens is 475 g/mol. The van der Waals surface area contributed by atoms with E-state index < -0.39 is 6.04 Å². The Balaban J connectivity index is 1.52. The number of hydrogen-bond acceptors (Lipinski definition) is 5. The molecule has 1 unspecified atom stereocenters. The van der Waals surface area contributed by atoms with Crippen molar-refractivity contribution in [1.29, 1.82) is 0 Å². The summed E-state index contributed by atoms with van der Waals surface area (Å²) in [7, 11) is 1.70. The SMILES string of the molecule is CC(C(=O)Nc1cc(Cl)c(Cl)cc1Cl)N(C)CC(=O)Nc1ccc(N2CCOCC2)cc1. The Kier molecular flexibility index (Phi) is 8.62. The average Bonchev–Trinajstić information content (AvgIpc) is 2.77. The molecule has 7 nitrogen and oxygen atoms in total. The van der Waals surface area contributed by atoms with E-state index in [9.17, 15) is 9.59 Å². The zero-order chi connectivity index (χ0) is 23.3. The highest BCUT2D eigenvalue weighted by Gasteiger charge is 2.21. The fraction of sp³-hybridized carbons (Fsp3) is 0.364. The van der Waals surface area contributed by atoms with Gasteiger partial charge in [-0.25, -0.2) is 0 Å². The molecule has 0 aliphatic carbocycles. The van der Waals surface area contributed by atoms with E-state index in [1.807, 2.05) is 24.3 Å². The quantitative estimate of drug-likeness (QED) is 0.553. The standard InChI is InChI=1S/C22H25Cl3N4O3/c1-14(22(31)27-20-12-18(24)17(23)11-19(20)25)28(2)13-21(30)26-15-3-5-16(6-4-15)29-7-9-32-10-8-29/h3-6,11-12,14H,7-10,13H2,1-2H3,(H,26,30)(H,27,31). The molecule has 2 aromatic carbocycles. The topological polar surface area (TPSA) is 73.9 Å². The first-order valence-electron chi connectivity index (χ1n) is 10.1. The molecule has 0 bridgehead atoms. The lowest BCUT2D eigenvalue weighted by Gasteiger charge is -2.29. The maximum atomic E-state index is 12.6. The maximum absolute atomic E-state index is 12.6. The summed E-state index contributed by atoms with van der Waals surface area (Å²) in [6, 6.07) is 10.0. The number of nitrogens with one attached hydrogen (secondary N) is 2.